The summed E-state index contributed by atoms with van der Waals surface area (Å²) in [6.45, 7) is 0. The van der Waals surface area contributed by atoms with Gasteiger partial charge in [0.05, 0.1) is 0 Å². The lowest BCUT2D eigenvalue weighted by Crippen LogP contribution is -1.49. The standard InChI is InChI=1S/C3H4ClS/c4-2-1-3-5/h1,3H,2H2/b3-1-. The van der Waals surface area contributed by atoms with Crippen LogP contribution in [0.25, 0.3) is 0 Å². The minimum absolute atomic E-state index is 0.531. The van der Waals surface area contributed by atoms with Gasteiger partial charge in [0, 0.05) is 5.88 Å². The van der Waals surface area contributed by atoms with Crippen LogP contribution in [0.4, 0.5) is 0 Å². The van der Waals surface area contributed by atoms with Crippen molar-refractivity contribution in [2.75, 3.05) is 5.88 Å². The molecule has 0 aromatic heterocycles. The fourth-order valence-corrected chi connectivity index (χ4v) is 0.327. The predicted molar refractivity (Wildman–Crippen MR) is 27.5 cm³/mol. The summed E-state index contributed by atoms with van der Waals surface area (Å²) in [6.07, 6.45) is 1.71. The molecule has 29 valence electrons. The Morgan fingerprint density at radius 1 is 1.80 bits per heavy atom. The van der Waals surface area contributed by atoms with Crippen molar-refractivity contribution in [1.29, 1.82) is 0 Å². The highest BCUT2D eigenvalue weighted by Gasteiger charge is 1.56. The quantitative estimate of drug-likeness (QED) is 0.450. The molecule has 0 saturated heterocycles. The third-order valence-corrected chi connectivity index (χ3v) is 0.556. The van der Waals surface area contributed by atoms with Crippen molar-refractivity contribution < 1.29 is 0 Å². The number of halogens is 1. The largest absolute Gasteiger partial charge is 0.122 e. The second kappa shape index (κ2) is 4.25. The van der Waals surface area contributed by atoms with Crippen molar-refractivity contribution in [3.05, 3.63) is 11.5 Å². The highest BCUT2D eigenvalue weighted by Crippen LogP contribution is 1.78. The Labute approximate surface area is 42.2 Å². The van der Waals surface area contributed by atoms with Gasteiger partial charge >= 0.3 is 0 Å². The molecule has 0 bridgehead atoms. The normalized spacial score (nSPS) is 9.80. The summed E-state index contributed by atoms with van der Waals surface area (Å²) in [5.41, 5.74) is 0. The summed E-state index contributed by atoms with van der Waals surface area (Å²) >= 11 is 9.53. The number of alkyl halides is 1. The van der Waals surface area contributed by atoms with Gasteiger partial charge in [-0.15, -0.1) is 11.6 Å². The van der Waals surface area contributed by atoms with Crippen LogP contribution in [0.3, 0.4) is 0 Å². The summed E-state index contributed by atoms with van der Waals surface area (Å²) in [4.78, 5) is 0. The molecular weight excluding hydrogens is 104 g/mol. The zero-order chi connectivity index (χ0) is 4.12. The summed E-state index contributed by atoms with van der Waals surface area (Å²) in [7, 11) is 0. The van der Waals surface area contributed by atoms with E-state index in [4.69, 9.17) is 11.6 Å². The van der Waals surface area contributed by atoms with Gasteiger partial charge in [-0.2, -0.15) is 0 Å². The van der Waals surface area contributed by atoms with Crippen molar-refractivity contribution in [3.8, 4) is 0 Å². The van der Waals surface area contributed by atoms with Crippen molar-refractivity contribution in [1.82, 2.24) is 0 Å². The van der Waals surface area contributed by atoms with E-state index < -0.39 is 0 Å². The van der Waals surface area contributed by atoms with E-state index >= 15 is 0 Å². The minimum Gasteiger partial charge on any atom is -0.122 e. The molecule has 0 rings (SSSR count). The van der Waals surface area contributed by atoms with Crippen LogP contribution >= 0.6 is 24.2 Å². The summed E-state index contributed by atoms with van der Waals surface area (Å²) in [5.74, 6) is 0.531. The first-order valence-electron chi connectivity index (χ1n) is 1.24. The first-order chi connectivity index (χ1) is 2.41. The molecule has 0 aliphatic rings. The van der Waals surface area contributed by atoms with E-state index in [1.807, 2.05) is 0 Å². The maximum Gasteiger partial charge on any atom is 0.0415 e. The van der Waals surface area contributed by atoms with Crippen molar-refractivity contribution >= 4 is 24.2 Å². The summed E-state index contributed by atoms with van der Waals surface area (Å²) < 4.78 is 0. The van der Waals surface area contributed by atoms with Gasteiger partial charge in [0.15, 0.2) is 0 Å². The molecule has 0 amide bonds. The molecule has 0 aromatic rings. The smallest absolute Gasteiger partial charge is 0.0415 e. The molecule has 0 N–H and O–H groups in total. The van der Waals surface area contributed by atoms with Crippen LogP contribution in [-0.4, -0.2) is 5.88 Å². The van der Waals surface area contributed by atoms with Gasteiger partial charge in [0.2, 0.25) is 0 Å². The van der Waals surface area contributed by atoms with Crippen LogP contribution in [0.1, 0.15) is 0 Å². The lowest BCUT2D eigenvalue weighted by molar-refractivity contribution is 1.79. The number of rotatable bonds is 1. The Morgan fingerprint density at radius 2 is 2.40 bits per heavy atom. The van der Waals surface area contributed by atoms with Gasteiger partial charge < -0.3 is 0 Å². The fraction of sp³-hybridized carbons (Fsp3) is 0.333. The Morgan fingerprint density at radius 3 is 2.40 bits per heavy atom. The van der Waals surface area contributed by atoms with Crippen LogP contribution < -0.4 is 0 Å². The average Bonchev–Trinajstić information content (AvgIpc) is 1.41. The van der Waals surface area contributed by atoms with E-state index in [2.05, 4.69) is 12.6 Å². The molecule has 0 aliphatic heterocycles. The Kier molecular flexibility index (Phi) is 4.46. The van der Waals surface area contributed by atoms with Crippen LogP contribution in [0.2, 0.25) is 0 Å². The molecule has 5 heavy (non-hydrogen) atoms. The Balaban J connectivity index is 2.62. The number of hydrogen-bond acceptors (Lipinski definition) is 0. The first kappa shape index (κ1) is 5.25. The zero-order valence-electron chi connectivity index (χ0n) is 2.65. The van der Waals surface area contributed by atoms with Crippen LogP contribution in [0.15, 0.2) is 11.5 Å². The van der Waals surface area contributed by atoms with Gasteiger partial charge in [-0.05, 0) is 5.41 Å². The molecule has 0 heterocycles. The molecule has 2 heteroatoms. The summed E-state index contributed by atoms with van der Waals surface area (Å²) in [6, 6.07) is 0. The number of hydrogen-bond donors (Lipinski definition) is 0. The molecule has 0 nitrogen and oxygen atoms in total. The van der Waals surface area contributed by atoms with E-state index in [-0.39, 0.29) is 0 Å². The third kappa shape index (κ3) is 4.25. The Hall–Kier alpha value is 0.250. The second-order valence-corrected chi connectivity index (χ2v) is 1.11. The molecule has 0 spiro atoms. The maximum atomic E-state index is 5.15. The average molecular weight is 108 g/mol. The van der Waals surface area contributed by atoms with Gasteiger partial charge in [-0.25, -0.2) is 0 Å². The highest BCUT2D eigenvalue weighted by molar-refractivity contribution is 7.83. The van der Waals surface area contributed by atoms with E-state index in [1.165, 1.54) is 5.41 Å². The highest BCUT2D eigenvalue weighted by atomic mass is 35.5. The topological polar surface area (TPSA) is 0 Å². The van der Waals surface area contributed by atoms with E-state index in [9.17, 15) is 0 Å². The lowest BCUT2D eigenvalue weighted by atomic mass is 10.8. The lowest BCUT2D eigenvalue weighted by Gasteiger charge is -1.61. The third-order valence-electron chi connectivity index (χ3n) is 0.185. The van der Waals surface area contributed by atoms with Crippen LogP contribution in [0.5, 0.6) is 0 Å². The van der Waals surface area contributed by atoms with Crippen molar-refractivity contribution in [2.45, 2.75) is 0 Å². The second-order valence-electron chi connectivity index (χ2n) is 0.526. The Bertz CT molecular complexity index is 33.9. The maximum absolute atomic E-state index is 5.15. The molecular formula is C3H4ClS. The molecule has 0 aliphatic carbocycles. The van der Waals surface area contributed by atoms with Gasteiger partial charge in [0.25, 0.3) is 0 Å². The van der Waals surface area contributed by atoms with E-state index in [0.29, 0.717) is 5.88 Å². The molecule has 0 atom stereocenters. The number of allylic oxidation sites excluding steroid dienone is 1. The molecule has 0 aromatic carbocycles. The predicted octanol–water partition coefficient (Wildman–Crippen LogP) is 1.94. The SMILES string of the molecule is [S]/C=C\CCl. The molecule has 1 radical (unpaired) electrons. The molecule has 0 fully saturated rings. The monoisotopic (exact) mass is 107 g/mol. The van der Waals surface area contributed by atoms with Gasteiger partial charge in [0.1, 0.15) is 0 Å². The minimum atomic E-state index is 0.531. The molecule has 0 unspecified atom stereocenters. The van der Waals surface area contributed by atoms with E-state index in [1.54, 1.807) is 6.08 Å². The van der Waals surface area contributed by atoms with Gasteiger partial charge in [-0.3, -0.25) is 0 Å². The van der Waals surface area contributed by atoms with Crippen molar-refractivity contribution in [3.63, 3.8) is 0 Å². The van der Waals surface area contributed by atoms with Crippen LogP contribution in [-0.2, 0) is 0 Å². The van der Waals surface area contributed by atoms with E-state index in [0.717, 1.165) is 0 Å². The first-order valence-corrected chi connectivity index (χ1v) is 2.25. The van der Waals surface area contributed by atoms with Crippen molar-refractivity contribution in [2.24, 2.45) is 0 Å². The zero-order valence-corrected chi connectivity index (χ0v) is 4.22. The van der Waals surface area contributed by atoms with Gasteiger partial charge in [-0.1, -0.05) is 18.7 Å². The van der Waals surface area contributed by atoms with Crippen LogP contribution in [0, 0.1) is 0 Å². The molecule has 0 saturated carbocycles. The fourth-order valence-electron chi connectivity index (χ4n) is 0.0364. The summed E-state index contributed by atoms with van der Waals surface area (Å²) in [5, 5.41) is 1.51.